The Morgan fingerprint density at radius 2 is 0.918 bits per heavy atom. The third-order valence-corrected chi connectivity index (χ3v) is 9.71. The van der Waals surface area contributed by atoms with Crippen molar-refractivity contribution < 1.29 is 14.2 Å². The Balaban J connectivity index is 2.35. The van der Waals surface area contributed by atoms with Gasteiger partial charge in [-0.2, -0.15) is 0 Å². The first-order chi connectivity index (χ1) is 23.7. The van der Waals surface area contributed by atoms with Crippen molar-refractivity contribution in [3.63, 3.8) is 0 Å². The fourth-order valence-electron chi connectivity index (χ4n) is 7.09. The van der Waals surface area contributed by atoms with Crippen molar-refractivity contribution in [3.05, 3.63) is 48.6 Å². The summed E-state index contributed by atoms with van der Waals surface area (Å²) in [5, 5.41) is 0. The Kier molecular flexibility index (Phi) is 28.5. The highest BCUT2D eigenvalue weighted by atomic mass is 16.9. The highest BCUT2D eigenvalue weighted by molar-refractivity contribution is 4.93. The molecular weight excluding hydrogens is 601 g/mol. The summed E-state index contributed by atoms with van der Waals surface area (Å²) in [6, 6.07) is 0. The van der Waals surface area contributed by atoms with E-state index in [1.54, 1.807) is 0 Å². The molecule has 0 spiro atoms. The summed E-state index contributed by atoms with van der Waals surface area (Å²) in [6.45, 7) is 16.4. The maximum Gasteiger partial charge on any atom is 0.280 e. The fraction of sp³-hybridized carbons (Fsp3) is 0.826. The zero-order valence-electron chi connectivity index (χ0n) is 34.0. The van der Waals surface area contributed by atoms with E-state index < -0.39 is 5.97 Å². The van der Waals surface area contributed by atoms with Crippen molar-refractivity contribution >= 4 is 0 Å². The molecule has 3 nitrogen and oxygen atoms in total. The van der Waals surface area contributed by atoms with Gasteiger partial charge in [-0.25, -0.2) is 0 Å². The summed E-state index contributed by atoms with van der Waals surface area (Å²) in [6.07, 6.45) is 50.2. The van der Waals surface area contributed by atoms with Crippen LogP contribution in [0.15, 0.2) is 48.6 Å². The Hall–Kier alpha value is -1.16. The van der Waals surface area contributed by atoms with Crippen LogP contribution in [0.25, 0.3) is 0 Å². The molecule has 3 heteroatoms. The maximum absolute atomic E-state index is 6.58. The second kappa shape index (κ2) is 30.5. The van der Waals surface area contributed by atoms with E-state index >= 15 is 0 Å². The van der Waals surface area contributed by atoms with Crippen LogP contribution in [0, 0.1) is 11.3 Å². The molecule has 0 bridgehead atoms. The van der Waals surface area contributed by atoms with Crippen molar-refractivity contribution in [2.75, 3.05) is 6.61 Å². The highest BCUT2D eigenvalue weighted by Gasteiger charge is 2.45. The fourth-order valence-corrected chi connectivity index (χ4v) is 7.09. The molecule has 1 heterocycles. The number of ether oxygens (including phenoxy) is 3. The van der Waals surface area contributed by atoms with Crippen molar-refractivity contribution in [2.45, 2.75) is 227 Å². The molecule has 1 saturated heterocycles. The van der Waals surface area contributed by atoms with Gasteiger partial charge < -0.3 is 14.2 Å². The first kappa shape index (κ1) is 45.9. The first-order valence-corrected chi connectivity index (χ1v) is 21.3. The first-order valence-electron chi connectivity index (χ1n) is 21.3. The summed E-state index contributed by atoms with van der Waals surface area (Å²) >= 11 is 0. The quantitative estimate of drug-likeness (QED) is 0.0509. The van der Waals surface area contributed by atoms with Gasteiger partial charge in [0, 0.05) is 6.92 Å². The summed E-state index contributed by atoms with van der Waals surface area (Å²) in [5.74, 6) is -0.272. The van der Waals surface area contributed by atoms with Crippen molar-refractivity contribution in [1.82, 2.24) is 0 Å². The molecule has 0 aromatic carbocycles. The van der Waals surface area contributed by atoms with Gasteiger partial charge in [0.15, 0.2) is 0 Å². The number of allylic oxidation sites excluding steroid dienone is 8. The molecule has 0 aromatic rings. The van der Waals surface area contributed by atoms with Crippen LogP contribution < -0.4 is 0 Å². The molecule has 2 atom stereocenters. The normalized spacial score (nSPS) is 20.5. The Morgan fingerprint density at radius 3 is 1.31 bits per heavy atom. The molecule has 0 aromatic heterocycles. The van der Waals surface area contributed by atoms with Crippen LogP contribution in [0.1, 0.15) is 209 Å². The second-order valence-corrected chi connectivity index (χ2v) is 16.3. The summed E-state index contributed by atoms with van der Waals surface area (Å²) in [5.41, 5.74) is 0.109. The van der Waals surface area contributed by atoms with Gasteiger partial charge in [-0.3, -0.25) is 0 Å². The van der Waals surface area contributed by atoms with Gasteiger partial charge in [0.25, 0.3) is 5.97 Å². The Labute approximate surface area is 307 Å². The predicted octanol–water partition coefficient (Wildman–Crippen LogP) is 15.2. The van der Waals surface area contributed by atoms with Gasteiger partial charge >= 0.3 is 0 Å². The smallest absolute Gasteiger partial charge is 0.280 e. The lowest BCUT2D eigenvalue weighted by Gasteiger charge is -2.31. The minimum atomic E-state index is -0.919. The van der Waals surface area contributed by atoms with Crippen LogP contribution >= 0.6 is 0 Å². The lowest BCUT2D eigenvalue weighted by atomic mass is 9.85. The van der Waals surface area contributed by atoms with Gasteiger partial charge in [0.05, 0.1) is 18.8 Å². The zero-order chi connectivity index (χ0) is 35.9. The predicted molar refractivity (Wildman–Crippen MR) is 216 cm³/mol. The van der Waals surface area contributed by atoms with Gasteiger partial charge in [-0.1, -0.05) is 167 Å². The third kappa shape index (κ3) is 27.2. The van der Waals surface area contributed by atoms with Crippen LogP contribution in [-0.2, 0) is 14.2 Å². The number of hydrogen-bond donors (Lipinski definition) is 0. The number of unbranched alkanes of at least 4 members (excludes halogenated alkanes) is 16. The molecule has 0 aliphatic carbocycles. The zero-order valence-corrected chi connectivity index (χ0v) is 34.0. The van der Waals surface area contributed by atoms with Gasteiger partial charge in [-0.05, 0) is 94.8 Å². The Bertz CT molecular complexity index is 796. The average Bonchev–Trinajstić information content (AvgIpc) is 3.38. The van der Waals surface area contributed by atoms with Crippen molar-refractivity contribution in [3.8, 4) is 0 Å². The van der Waals surface area contributed by atoms with E-state index in [4.69, 9.17) is 14.2 Å². The summed E-state index contributed by atoms with van der Waals surface area (Å²) in [7, 11) is 0. The van der Waals surface area contributed by atoms with Crippen LogP contribution in [0.3, 0.4) is 0 Å². The minimum Gasteiger partial charge on any atom is -0.327 e. The van der Waals surface area contributed by atoms with Crippen molar-refractivity contribution in [2.24, 2.45) is 11.3 Å². The molecule has 2 unspecified atom stereocenters. The van der Waals surface area contributed by atoms with E-state index in [-0.39, 0.29) is 17.6 Å². The van der Waals surface area contributed by atoms with Gasteiger partial charge in [0.1, 0.15) is 0 Å². The summed E-state index contributed by atoms with van der Waals surface area (Å²) in [4.78, 5) is 0. The van der Waals surface area contributed by atoms with Crippen LogP contribution in [0.4, 0.5) is 0 Å². The maximum atomic E-state index is 6.58. The molecule has 1 fully saturated rings. The third-order valence-electron chi connectivity index (χ3n) is 9.71. The van der Waals surface area contributed by atoms with E-state index in [0.717, 1.165) is 32.1 Å². The standard InChI is InChI=1S/C46H84O3/c1-8-10-12-14-16-18-20-22-24-26-28-30-32-34-36-38-43-44(49-46(7,48-43)47-41-45(5,6)40-42(3)4)39-37-35-33-31-29-27-25-23-21-19-17-15-13-11-9-2/h16-19,22-25,42-44H,8-15,20-21,26-41H2,1-7H3/b18-16-,19-17-,24-22-,25-23-. The SMILES string of the molecule is CCCCC/C=C\C/C=C\CCCCCCCC1OC(C)(OCC(C)(C)CC(C)C)OC1CCCCCCC/C=C\C/C=C\CCCCC. The van der Waals surface area contributed by atoms with E-state index in [9.17, 15) is 0 Å². The van der Waals surface area contributed by atoms with E-state index in [1.165, 1.54) is 128 Å². The topological polar surface area (TPSA) is 27.7 Å². The van der Waals surface area contributed by atoms with Crippen molar-refractivity contribution in [1.29, 1.82) is 0 Å². The molecular formula is C46H84O3. The van der Waals surface area contributed by atoms with Crippen LogP contribution in [0.5, 0.6) is 0 Å². The van der Waals surface area contributed by atoms with Gasteiger partial charge in [0.2, 0.25) is 0 Å². The molecule has 286 valence electrons. The van der Waals surface area contributed by atoms with Gasteiger partial charge in [-0.15, -0.1) is 0 Å². The molecule has 1 aliphatic heterocycles. The van der Waals surface area contributed by atoms with Crippen LogP contribution in [0.2, 0.25) is 0 Å². The van der Waals surface area contributed by atoms with E-state index in [0.29, 0.717) is 12.5 Å². The number of hydrogen-bond acceptors (Lipinski definition) is 3. The largest absolute Gasteiger partial charge is 0.327 e. The van der Waals surface area contributed by atoms with E-state index in [1.807, 2.05) is 6.92 Å². The molecule has 49 heavy (non-hydrogen) atoms. The minimum absolute atomic E-state index is 0.109. The molecule has 1 rings (SSSR count). The molecule has 0 amide bonds. The molecule has 0 N–H and O–H groups in total. The monoisotopic (exact) mass is 685 g/mol. The molecule has 1 aliphatic rings. The second-order valence-electron chi connectivity index (χ2n) is 16.3. The Morgan fingerprint density at radius 1 is 0.551 bits per heavy atom. The highest BCUT2D eigenvalue weighted by Crippen LogP contribution is 2.37. The van der Waals surface area contributed by atoms with Crippen LogP contribution in [-0.4, -0.2) is 24.8 Å². The average molecular weight is 685 g/mol. The van der Waals surface area contributed by atoms with E-state index in [2.05, 4.69) is 90.2 Å². The molecule has 0 saturated carbocycles. The molecule has 0 radical (unpaired) electrons. The lowest BCUT2D eigenvalue weighted by Crippen LogP contribution is -2.35. The lowest BCUT2D eigenvalue weighted by molar-refractivity contribution is -0.337. The number of rotatable bonds is 33. The summed E-state index contributed by atoms with van der Waals surface area (Å²) < 4.78 is 19.6.